The van der Waals surface area contributed by atoms with Gasteiger partial charge in [-0.05, 0) is 11.8 Å². The Hall–Kier alpha value is -2.82. The molecular weight excluding hydrogens is 631 g/mol. The lowest BCUT2D eigenvalue weighted by Gasteiger charge is -2.33. The number of nitrogen functional groups attached to an aromatic ring is 2. The molecule has 0 aromatic carbocycles. The standard InChI is InChI=1S/C21H25N10O9PS2/c22-14-8-15(25-4-24-14)30(5-26-8)18-12-13(34)21(39-18,2-37-12)3-38-41(36,42)40-11-10(33)7(1-32)43-19(11)31-6-27-9-16(31)28-20(23)29-17(9)35/h4-7,10-13,18-19,32-34H,1-3H2,(H,36,42)(H2,22,24,25)(H3,23,28,29,35)/t7-,10-,11-,12-,13+,18?,19-,21-,41?/m1/s1. The van der Waals surface area contributed by atoms with Gasteiger partial charge in [-0.1, -0.05) is 0 Å². The zero-order valence-corrected chi connectivity index (χ0v) is 24.3. The van der Waals surface area contributed by atoms with Gasteiger partial charge in [0.15, 0.2) is 28.9 Å². The summed E-state index contributed by atoms with van der Waals surface area (Å²) in [5, 5.41) is 30.3. The fraction of sp³-hybridized carbons (Fsp3) is 0.524. The van der Waals surface area contributed by atoms with Gasteiger partial charge in [0.1, 0.15) is 41.1 Å². The molecule has 230 valence electrons. The van der Waals surface area contributed by atoms with Crippen LogP contribution in [0, 0.1) is 0 Å². The molecule has 0 radical (unpaired) electrons. The second-order valence-electron chi connectivity index (χ2n) is 10.2. The summed E-state index contributed by atoms with van der Waals surface area (Å²) in [6, 6.07) is 0. The van der Waals surface area contributed by atoms with E-state index in [2.05, 4.69) is 29.9 Å². The number of fused-ring (bicyclic) bond motifs is 4. The van der Waals surface area contributed by atoms with Gasteiger partial charge in [-0.15, -0.1) is 11.8 Å². The summed E-state index contributed by atoms with van der Waals surface area (Å²) in [4.78, 5) is 46.3. The predicted molar refractivity (Wildman–Crippen MR) is 152 cm³/mol. The Morgan fingerprint density at radius 2 is 1.95 bits per heavy atom. The number of aromatic nitrogens is 8. The molecule has 0 aliphatic carbocycles. The van der Waals surface area contributed by atoms with Crippen LogP contribution < -0.4 is 17.0 Å². The minimum absolute atomic E-state index is 0.00759. The van der Waals surface area contributed by atoms with Crippen molar-refractivity contribution in [1.29, 1.82) is 0 Å². The molecular formula is C21H25N10O9PS2. The largest absolute Gasteiger partial charge is 0.395 e. The Balaban J connectivity index is 1.11. The Labute approximate surface area is 249 Å². The fourth-order valence-corrected chi connectivity index (χ4v) is 8.45. The van der Waals surface area contributed by atoms with Crippen molar-refractivity contribution in [2.75, 3.05) is 31.3 Å². The Bertz CT molecular complexity index is 1820. The maximum Gasteiger partial charge on any atom is 0.325 e. The highest BCUT2D eigenvalue weighted by Gasteiger charge is 2.62. The van der Waals surface area contributed by atoms with Gasteiger partial charge in [-0.25, -0.2) is 19.9 Å². The minimum Gasteiger partial charge on any atom is -0.395 e. The summed E-state index contributed by atoms with van der Waals surface area (Å²) in [5.41, 5.74) is 10.4. The second kappa shape index (κ2) is 10.4. The van der Waals surface area contributed by atoms with Gasteiger partial charge in [0.05, 0.1) is 43.8 Å². The summed E-state index contributed by atoms with van der Waals surface area (Å²) >= 11 is 6.40. The van der Waals surface area contributed by atoms with Crippen LogP contribution in [0.4, 0.5) is 11.8 Å². The Morgan fingerprint density at radius 3 is 2.74 bits per heavy atom. The summed E-state index contributed by atoms with van der Waals surface area (Å²) < 4.78 is 26.5. The number of nitrogens with one attached hydrogen (secondary N) is 1. The van der Waals surface area contributed by atoms with Gasteiger partial charge in [-0.2, -0.15) is 4.98 Å². The third-order valence-electron chi connectivity index (χ3n) is 7.61. The number of anilines is 2. The normalized spacial score (nSPS) is 33.5. The molecule has 22 heteroatoms. The van der Waals surface area contributed by atoms with E-state index in [4.69, 9.17) is 41.8 Å². The van der Waals surface area contributed by atoms with Crippen LogP contribution in [0.15, 0.2) is 23.8 Å². The molecule has 2 unspecified atom stereocenters. The van der Waals surface area contributed by atoms with E-state index in [0.29, 0.717) is 11.2 Å². The molecule has 3 aliphatic rings. The maximum absolute atomic E-state index is 12.3. The van der Waals surface area contributed by atoms with Crippen LogP contribution in [-0.4, -0.2) is 114 Å². The van der Waals surface area contributed by atoms with E-state index < -0.39 is 72.4 Å². The zero-order chi connectivity index (χ0) is 30.3. The third kappa shape index (κ3) is 4.63. The zero-order valence-electron chi connectivity index (χ0n) is 21.8. The first-order valence-electron chi connectivity index (χ1n) is 12.7. The molecule has 3 aliphatic heterocycles. The van der Waals surface area contributed by atoms with Gasteiger partial charge in [0, 0.05) is 0 Å². The van der Waals surface area contributed by atoms with E-state index >= 15 is 0 Å². The van der Waals surface area contributed by atoms with Crippen LogP contribution in [0.1, 0.15) is 11.6 Å². The van der Waals surface area contributed by atoms with E-state index in [1.54, 1.807) is 4.57 Å². The van der Waals surface area contributed by atoms with Crippen LogP contribution in [-0.2, 0) is 30.3 Å². The predicted octanol–water partition coefficient (Wildman–Crippen LogP) is -2.26. The van der Waals surface area contributed by atoms with Crippen molar-refractivity contribution in [3.63, 3.8) is 0 Å². The molecule has 0 amide bonds. The molecule has 2 bridgehead atoms. The lowest BCUT2D eigenvalue weighted by atomic mass is 10.0. The van der Waals surface area contributed by atoms with Gasteiger partial charge in [0.25, 0.3) is 5.56 Å². The SMILES string of the molecule is Nc1nc2c(ncn2[C@@H]2S[C@H](CO)[C@@H](O)[C@H]2OP(O)(=S)OC[C@@]23CO[C@@H](C(n4cnc5c(N)ncnc54)O2)[C@@H]3O)c(=O)[nH]1. The number of hydrogen-bond donors (Lipinski definition) is 7. The van der Waals surface area contributed by atoms with Crippen LogP contribution >= 0.6 is 18.5 Å². The maximum atomic E-state index is 12.3. The average Bonchev–Trinajstić information content (AvgIpc) is 3.77. The molecule has 4 aromatic rings. The highest BCUT2D eigenvalue weighted by molar-refractivity contribution is 8.07. The first-order chi connectivity index (χ1) is 20.5. The summed E-state index contributed by atoms with van der Waals surface area (Å²) in [7, 11) is 0. The summed E-state index contributed by atoms with van der Waals surface area (Å²) in [5.74, 6) is 0.0206. The van der Waals surface area contributed by atoms with E-state index in [0.717, 1.165) is 11.8 Å². The smallest absolute Gasteiger partial charge is 0.325 e. The van der Waals surface area contributed by atoms with E-state index in [1.807, 2.05) is 0 Å². The minimum atomic E-state index is -4.15. The highest BCUT2D eigenvalue weighted by Crippen LogP contribution is 2.55. The lowest BCUT2D eigenvalue weighted by molar-refractivity contribution is -0.183. The topological polar surface area (TPSA) is 277 Å². The molecule has 7 heterocycles. The molecule has 7 rings (SSSR count). The third-order valence-corrected chi connectivity index (χ3v) is 10.7. The van der Waals surface area contributed by atoms with Crippen molar-refractivity contribution >= 4 is 64.4 Å². The molecule has 0 spiro atoms. The van der Waals surface area contributed by atoms with Crippen molar-refractivity contribution in [1.82, 2.24) is 39.0 Å². The molecule has 3 saturated heterocycles. The van der Waals surface area contributed by atoms with Gasteiger partial charge in [-0.3, -0.25) is 23.4 Å². The summed E-state index contributed by atoms with van der Waals surface area (Å²) in [6.45, 7) is -5.08. The number of nitrogens with two attached hydrogens (primary N) is 2. The number of aliphatic hydroxyl groups excluding tert-OH is 3. The molecule has 19 nitrogen and oxygen atoms in total. The van der Waals surface area contributed by atoms with Gasteiger partial charge >= 0.3 is 6.72 Å². The van der Waals surface area contributed by atoms with Crippen LogP contribution in [0.5, 0.6) is 0 Å². The number of imidazole rings is 2. The van der Waals surface area contributed by atoms with Crippen molar-refractivity contribution in [3.05, 3.63) is 29.3 Å². The van der Waals surface area contributed by atoms with E-state index in [9.17, 15) is 25.0 Å². The fourth-order valence-electron chi connectivity index (χ4n) is 5.51. The second-order valence-corrected chi connectivity index (χ2v) is 14.4. The Kier molecular flexibility index (Phi) is 6.98. The number of aliphatic hydroxyl groups is 3. The Morgan fingerprint density at radius 1 is 1.19 bits per heavy atom. The van der Waals surface area contributed by atoms with Crippen molar-refractivity contribution < 1.29 is 38.7 Å². The van der Waals surface area contributed by atoms with Crippen molar-refractivity contribution in [2.24, 2.45) is 0 Å². The number of rotatable bonds is 8. The number of thioether (sulfide) groups is 1. The van der Waals surface area contributed by atoms with Crippen LogP contribution in [0.25, 0.3) is 22.3 Å². The van der Waals surface area contributed by atoms with Gasteiger partial charge in [0.2, 0.25) is 5.95 Å². The monoisotopic (exact) mass is 656 g/mol. The molecule has 9 N–H and O–H groups in total. The van der Waals surface area contributed by atoms with Crippen molar-refractivity contribution in [3.8, 4) is 0 Å². The van der Waals surface area contributed by atoms with Gasteiger partial charge < -0.3 is 45.7 Å². The van der Waals surface area contributed by atoms with Crippen LogP contribution in [0.3, 0.4) is 0 Å². The number of hydrogen-bond acceptors (Lipinski definition) is 17. The van der Waals surface area contributed by atoms with E-state index in [1.165, 1.54) is 23.5 Å². The van der Waals surface area contributed by atoms with Crippen molar-refractivity contribution in [2.45, 2.75) is 46.9 Å². The summed E-state index contributed by atoms with van der Waals surface area (Å²) in [6.07, 6.45) is -1.38. The molecule has 43 heavy (non-hydrogen) atoms. The number of nitrogens with zero attached hydrogens (tertiary/aromatic N) is 7. The molecule has 4 aromatic heterocycles. The lowest BCUT2D eigenvalue weighted by Crippen LogP contribution is -2.45. The number of ether oxygens (including phenoxy) is 2. The highest BCUT2D eigenvalue weighted by atomic mass is 32.5. The van der Waals surface area contributed by atoms with E-state index in [-0.39, 0.29) is 29.5 Å². The molecule has 9 atom stereocenters. The molecule has 3 fully saturated rings. The average molecular weight is 657 g/mol. The first kappa shape index (κ1) is 28.9. The van der Waals surface area contributed by atoms with Crippen LogP contribution in [0.2, 0.25) is 0 Å². The quantitative estimate of drug-likeness (QED) is 0.0985. The molecule has 0 saturated carbocycles. The number of aromatic amines is 1. The first-order valence-corrected chi connectivity index (χ1v) is 16.3. The number of H-pyrrole nitrogens is 1.